The number of aromatic nitrogens is 1. The first-order chi connectivity index (χ1) is 15.1. The van der Waals surface area contributed by atoms with Gasteiger partial charge in [0.1, 0.15) is 11.1 Å². The zero-order valence-corrected chi connectivity index (χ0v) is 17.6. The van der Waals surface area contributed by atoms with Crippen molar-refractivity contribution in [3.63, 3.8) is 0 Å². The molecule has 0 unspecified atom stereocenters. The summed E-state index contributed by atoms with van der Waals surface area (Å²) in [5, 5.41) is 13.0. The summed E-state index contributed by atoms with van der Waals surface area (Å²) in [6.07, 6.45) is 5.71. The van der Waals surface area contributed by atoms with Crippen molar-refractivity contribution in [1.82, 2.24) is 9.88 Å². The third-order valence-electron chi connectivity index (χ3n) is 5.04. The van der Waals surface area contributed by atoms with Crippen molar-refractivity contribution in [2.45, 2.75) is 19.4 Å². The molecule has 154 valence electrons. The lowest BCUT2D eigenvalue weighted by Crippen LogP contribution is -2.36. The van der Waals surface area contributed by atoms with E-state index < -0.39 is 0 Å². The molecule has 1 N–H and O–H groups in total. The van der Waals surface area contributed by atoms with Crippen LogP contribution in [0, 0.1) is 11.3 Å². The number of carbonyl (C=O) groups excluding carboxylic acids is 2. The number of nitrogens with one attached hydrogen (secondary N) is 1. The van der Waals surface area contributed by atoms with E-state index in [9.17, 15) is 14.9 Å². The number of amides is 2. The van der Waals surface area contributed by atoms with Crippen LogP contribution < -0.4 is 5.32 Å². The summed E-state index contributed by atoms with van der Waals surface area (Å²) in [6, 6.07) is 17.3. The number of pyridine rings is 1. The lowest BCUT2D eigenvalue weighted by atomic mass is 10.0. The van der Waals surface area contributed by atoms with Gasteiger partial charge in [0, 0.05) is 29.4 Å². The zero-order valence-electron chi connectivity index (χ0n) is 16.7. The summed E-state index contributed by atoms with van der Waals surface area (Å²) >= 11 is 1.37. The van der Waals surface area contributed by atoms with Gasteiger partial charge in [0.05, 0.1) is 18.5 Å². The molecule has 1 aliphatic rings. The third-order valence-corrected chi connectivity index (χ3v) is 6.18. The minimum atomic E-state index is -0.290. The number of thiophene rings is 1. The van der Waals surface area contributed by atoms with Crippen molar-refractivity contribution >= 4 is 34.2 Å². The number of rotatable bonds is 5. The average Bonchev–Trinajstić information content (AvgIpc) is 3.15. The smallest absolute Gasteiger partial charge is 0.249 e. The molecule has 2 aromatic heterocycles. The highest BCUT2D eigenvalue weighted by Gasteiger charge is 2.27. The van der Waals surface area contributed by atoms with Gasteiger partial charge in [-0.3, -0.25) is 14.6 Å². The Bertz CT molecular complexity index is 1160. The molecule has 6 nitrogen and oxygen atoms in total. The van der Waals surface area contributed by atoms with E-state index in [4.69, 9.17) is 0 Å². The lowest BCUT2D eigenvalue weighted by Gasteiger charge is -2.27. The van der Waals surface area contributed by atoms with Crippen LogP contribution in [0.5, 0.6) is 0 Å². The molecule has 0 fully saturated rings. The molecule has 0 spiro atoms. The summed E-state index contributed by atoms with van der Waals surface area (Å²) in [6.45, 7) is 0.988. The highest BCUT2D eigenvalue weighted by atomic mass is 32.1. The molecule has 0 saturated carbocycles. The van der Waals surface area contributed by atoms with Gasteiger partial charge in [0.15, 0.2) is 0 Å². The predicted molar refractivity (Wildman–Crippen MR) is 120 cm³/mol. The molecule has 3 heterocycles. The fourth-order valence-electron chi connectivity index (χ4n) is 3.48. The van der Waals surface area contributed by atoms with Crippen LogP contribution in [0.1, 0.15) is 27.3 Å². The first kappa shape index (κ1) is 20.5. The van der Waals surface area contributed by atoms with Crippen LogP contribution in [0.4, 0.5) is 5.00 Å². The van der Waals surface area contributed by atoms with E-state index in [0.717, 1.165) is 21.7 Å². The van der Waals surface area contributed by atoms with Crippen LogP contribution >= 0.6 is 11.3 Å². The van der Waals surface area contributed by atoms with Gasteiger partial charge < -0.3 is 10.2 Å². The number of nitriles is 1. The highest BCUT2D eigenvalue weighted by molar-refractivity contribution is 7.16. The van der Waals surface area contributed by atoms with Gasteiger partial charge in [-0.25, -0.2) is 0 Å². The number of hydrogen-bond donors (Lipinski definition) is 1. The van der Waals surface area contributed by atoms with Crippen molar-refractivity contribution in [3.05, 3.63) is 88.1 Å². The summed E-state index contributed by atoms with van der Waals surface area (Å²) in [5.74, 6) is -0.283. The summed E-state index contributed by atoms with van der Waals surface area (Å²) in [7, 11) is 0. The van der Waals surface area contributed by atoms with E-state index >= 15 is 0 Å². The molecule has 31 heavy (non-hydrogen) atoms. The minimum absolute atomic E-state index is 0.00707. The predicted octanol–water partition coefficient (Wildman–Crippen LogP) is 3.79. The Morgan fingerprint density at radius 3 is 2.74 bits per heavy atom. The third kappa shape index (κ3) is 4.87. The summed E-state index contributed by atoms with van der Waals surface area (Å²) in [4.78, 5) is 32.0. The van der Waals surface area contributed by atoms with Crippen LogP contribution in [0.25, 0.3) is 6.08 Å². The van der Waals surface area contributed by atoms with Gasteiger partial charge >= 0.3 is 0 Å². The molecular formula is C24H20N4O2S. The average molecular weight is 429 g/mol. The van der Waals surface area contributed by atoms with Gasteiger partial charge in [-0.1, -0.05) is 36.4 Å². The minimum Gasteiger partial charge on any atom is -0.337 e. The molecule has 0 aliphatic carbocycles. The maximum atomic E-state index is 12.7. The van der Waals surface area contributed by atoms with Crippen LogP contribution in [0.3, 0.4) is 0 Å². The number of nitrogens with zero attached hydrogens (tertiary/aromatic N) is 3. The maximum Gasteiger partial charge on any atom is 0.249 e. The lowest BCUT2D eigenvalue weighted by molar-refractivity contribution is -0.131. The van der Waals surface area contributed by atoms with E-state index in [1.54, 1.807) is 17.2 Å². The van der Waals surface area contributed by atoms with E-state index in [0.29, 0.717) is 30.1 Å². The molecule has 1 aliphatic heterocycles. The Hall–Kier alpha value is -3.76. The molecule has 7 heteroatoms. The van der Waals surface area contributed by atoms with Gasteiger partial charge in [-0.15, -0.1) is 11.3 Å². The molecule has 3 aromatic rings. The molecule has 0 atom stereocenters. The second-order valence-corrected chi connectivity index (χ2v) is 8.22. The summed E-state index contributed by atoms with van der Waals surface area (Å²) < 4.78 is 0. The van der Waals surface area contributed by atoms with Crippen LogP contribution in [-0.4, -0.2) is 28.2 Å². The number of hydrogen-bond acceptors (Lipinski definition) is 5. The monoisotopic (exact) mass is 428 g/mol. The first-order valence-electron chi connectivity index (χ1n) is 9.90. The molecule has 0 saturated heterocycles. The van der Waals surface area contributed by atoms with Crippen molar-refractivity contribution in [2.75, 3.05) is 11.9 Å². The first-order valence-corrected chi connectivity index (χ1v) is 10.7. The fourth-order valence-corrected chi connectivity index (χ4v) is 4.70. The molecule has 4 rings (SSSR count). The normalized spacial score (nSPS) is 12.9. The second kappa shape index (κ2) is 9.37. The molecule has 0 bridgehead atoms. The summed E-state index contributed by atoms with van der Waals surface area (Å²) in [5.41, 5.74) is 3.08. The number of carbonyl (C=O) groups is 2. The Morgan fingerprint density at radius 2 is 2.00 bits per heavy atom. The van der Waals surface area contributed by atoms with Crippen LogP contribution in [0.15, 0.2) is 60.8 Å². The fraction of sp³-hybridized carbons (Fsp3) is 0.167. The van der Waals surface area contributed by atoms with Crippen molar-refractivity contribution in [1.29, 1.82) is 5.26 Å². The van der Waals surface area contributed by atoms with E-state index in [1.807, 2.05) is 48.5 Å². The zero-order chi connectivity index (χ0) is 21.6. The Balaban J connectivity index is 1.45. The Labute approximate surface area is 184 Å². The Morgan fingerprint density at radius 1 is 1.19 bits per heavy atom. The van der Waals surface area contributed by atoms with Crippen molar-refractivity contribution in [2.24, 2.45) is 0 Å². The van der Waals surface area contributed by atoms with Gasteiger partial charge in [-0.05, 0) is 35.8 Å². The second-order valence-electron chi connectivity index (χ2n) is 7.12. The Kier molecular flexibility index (Phi) is 6.20. The quantitative estimate of drug-likeness (QED) is 0.627. The number of benzene rings is 1. The van der Waals surface area contributed by atoms with Gasteiger partial charge in [-0.2, -0.15) is 5.26 Å². The van der Waals surface area contributed by atoms with Crippen molar-refractivity contribution < 1.29 is 9.59 Å². The topological polar surface area (TPSA) is 86.1 Å². The standard InChI is InChI=1S/C24H20N4O2S/c25-15-20-19-11-13-28(23(30)14-18-8-4-5-12-26-18)16-21(19)31-24(20)27-22(29)10-9-17-6-2-1-3-7-17/h1-10,12H,11,13-14,16H2,(H,27,29)/b10-9+. The maximum absolute atomic E-state index is 12.7. The van der Waals surface area contributed by atoms with Gasteiger partial charge in [0.25, 0.3) is 0 Å². The molecule has 1 aromatic carbocycles. The number of fused-ring (bicyclic) bond motifs is 1. The molecule has 2 amide bonds. The molecule has 0 radical (unpaired) electrons. The van der Waals surface area contributed by atoms with Crippen LogP contribution in [0.2, 0.25) is 0 Å². The molecular weight excluding hydrogens is 408 g/mol. The SMILES string of the molecule is N#Cc1c(NC(=O)/C=C/c2ccccc2)sc2c1CCN(C(=O)Cc1ccccn1)C2. The van der Waals surface area contributed by atoms with E-state index in [-0.39, 0.29) is 18.2 Å². The van der Waals surface area contributed by atoms with Crippen molar-refractivity contribution in [3.8, 4) is 6.07 Å². The largest absolute Gasteiger partial charge is 0.337 e. The van der Waals surface area contributed by atoms with Gasteiger partial charge in [0.2, 0.25) is 11.8 Å². The van der Waals surface area contributed by atoms with E-state index in [1.165, 1.54) is 17.4 Å². The van der Waals surface area contributed by atoms with Crippen LogP contribution in [-0.2, 0) is 29.0 Å². The number of anilines is 1. The highest BCUT2D eigenvalue weighted by Crippen LogP contribution is 2.36. The van der Waals surface area contributed by atoms with E-state index in [2.05, 4.69) is 16.4 Å².